The Hall–Kier alpha value is -2.94. The number of aromatic nitrogens is 2. The van der Waals surface area contributed by atoms with Crippen LogP contribution in [-0.4, -0.2) is 80.2 Å². The molecule has 0 saturated carbocycles. The maximum Gasteiger partial charge on any atom is 0.417 e. The minimum Gasteiger partial charge on any atom is -0.388 e. The van der Waals surface area contributed by atoms with Gasteiger partial charge in [-0.15, -0.1) is 11.3 Å². The molecule has 0 bridgehead atoms. The number of alkyl halides is 6. The topological polar surface area (TPSA) is 98.7 Å². The van der Waals surface area contributed by atoms with Crippen LogP contribution < -0.4 is 5.32 Å². The van der Waals surface area contributed by atoms with E-state index in [0.29, 0.717) is 36.8 Å². The predicted octanol–water partition coefficient (Wildman–Crippen LogP) is 6.22. The number of amides is 2. The Morgan fingerprint density at radius 2 is 1.86 bits per heavy atom. The van der Waals surface area contributed by atoms with Gasteiger partial charge >= 0.3 is 12.4 Å². The lowest BCUT2D eigenvalue weighted by Crippen LogP contribution is -2.48. The highest BCUT2D eigenvalue weighted by molar-refractivity contribution is 7.17. The van der Waals surface area contributed by atoms with Crippen molar-refractivity contribution in [2.24, 2.45) is 0 Å². The van der Waals surface area contributed by atoms with Crippen molar-refractivity contribution in [1.82, 2.24) is 19.8 Å². The van der Waals surface area contributed by atoms with E-state index in [1.54, 1.807) is 6.92 Å². The number of carbonyl (C=O) groups excluding carboxylic acids is 2. The molecular formula is C27H35F6N5O3S. The maximum absolute atomic E-state index is 14.4. The average molecular weight is 624 g/mol. The molecule has 2 amide bonds. The molecule has 42 heavy (non-hydrogen) atoms. The second-order valence-corrected chi connectivity index (χ2v) is 12.0. The summed E-state index contributed by atoms with van der Waals surface area (Å²) in [6.45, 7) is 7.94. The summed E-state index contributed by atoms with van der Waals surface area (Å²) in [4.78, 5) is 37.5. The predicted molar refractivity (Wildman–Crippen MR) is 146 cm³/mol. The number of nitrogens with one attached hydrogen (secondary N) is 1. The van der Waals surface area contributed by atoms with Gasteiger partial charge in [0, 0.05) is 31.4 Å². The van der Waals surface area contributed by atoms with Gasteiger partial charge in [-0.05, 0) is 59.4 Å². The Labute approximate surface area is 244 Å². The van der Waals surface area contributed by atoms with Crippen molar-refractivity contribution in [3.05, 3.63) is 28.5 Å². The molecule has 0 radical (unpaired) electrons. The quantitative estimate of drug-likeness (QED) is 0.339. The van der Waals surface area contributed by atoms with E-state index in [1.807, 2.05) is 12.2 Å². The van der Waals surface area contributed by atoms with E-state index in [0.717, 1.165) is 12.6 Å². The lowest BCUT2D eigenvalue weighted by Gasteiger charge is -2.33. The van der Waals surface area contributed by atoms with E-state index in [1.165, 1.54) is 37.6 Å². The summed E-state index contributed by atoms with van der Waals surface area (Å²) in [5, 5.41) is 12.1. The molecule has 1 saturated heterocycles. The first kappa shape index (κ1) is 33.6. The molecule has 3 heterocycles. The number of halogens is 6. The fourth-order valence-electron chi connectivity index (χ4n) is 4.62. The number of pyridine rings is 1. The van der Waals surface area contributed by atoms with Crippen LogP contribution in [0.5, 0.6) is 0 Å². The molecule has 2 aromatic rings. The Balaban J connectivity index is 2.19. The summed E-state index contributed by atoms with van der Waals surface area (Å²) in [5.74, 6) is -2.03. The van der Waals surface area contributed by atoms with Crippen LogP contribution in [0.25, 0.3) is 10.4 Å². The number of rotatable bonds is 8. The maximum atomic E-state index is 14.4. The van der Waals surface area contributed by atoms with Crippen LogP contribution in [0.3, 0.4) is 0 Å². The first-order valence-electron chi connectivity index (χ1n) is 13.5. The molecule has 1 fully saturated rings. The molecule has 3 atom stereocenters. The molecule has 15 heteroatoms. The molecule has 0 spiro atoms. The van der Waals surface area contributed by atoms with Gasteiger partial charge in [0.2, 0.25) is 0 Å². The number of carbonyl (C=O) groups is 2. The number of piperidine rings is 1. The minimum absolute atomic E-state index is 0.224. The van der Waals surface area contributed by atoms with Crippen molar-refractivity contribution in [1.29, 1.82) is 0 Å². The highest BCUT2D eigenvalue weighted by Gasteiger charge is 2.41. The molecule has 0 aromatic carbocycles. The van der Waals surface area contributed by atoms with Crippen LogP contribution in [-0.2, 0) is 6.18 Å². The van der Waals surface area contributed by atoms with Crippen LogP contribution >= 0.6 is 11.3 Å². The summed E-state index contributed by atoms with van der Waals surface area (Å²) in [6, 6.07) is -2.62. The number of anilines is 1. The van der Waals surface area contributed by atoms with Gasteiger partial charge < -0.3 is 20.2 Å². The van der Waals surface area contributed by atoms with E-state index in [4.69, 9.17) is 0 Å². The van der Waals surface area contributed by atoms with Gasteiger partial charge in [-0.25, -0.2) is 9.97 Å². The van der Waals surface area contributed by atoms with E-state index in [-0.39, 0.29) is 21.6 Å². The molecular weight excluding hydrogens is 588 g/mol. The highest BCUT2D eigenvalue weighted by Crippen LogP contribution is 2.42. The number of thiazole rings is 1. The van der Waals surface area contributed by atoms with Crippen molar-refractivity contribution in [3.63, 3.8) is 0 Å². The van der Waals surface area contributed by atoms with Gasteiger partial charge in [0.1, 0.15) is 17.6 Å². The zero-order valence-electron chi connectivity index (χ0n) is 24.2. The second-order valence-electron chi connectivity index (χ2n) is 11.0. The van der Waals surface area contributed by atoms with Crippen LogP contribution in [0, 0.1) is 0 Å². The van der Waals surface area contributed by atoms with Gasteiger partial charge in [0.25, 0.3) is 11.8 Å². The van der Waals surface area contributed by atoms with E-state index in [2.05, 4.69) is 9.97 Å². The summed E-state index contributed by atoms with van der Waals surface area (Å²) in [5.41, 5.74) is -3.62. The number of nitrogens with zero attached hydrogens (tertiary/aromatic N) is 4. The molecule has 0 aliphatic carbocycles. The number of hydrogen-bond donors (Lipinski definition) is 2. The Bertz CT molecular complexity index is 1290. The zero-order valence-corrected chi connectivity index (χ0v) is 25.0. The van der Waals surface area contributed by atoms with Crippen molar-refractivity contribution >= 4 is 29.0 Å². The molecule has 3 unspecified atom stereocenters. The monoisotopic (exact) mass is 623 g/mol. The number of aliphatic hydroxyl groups is 1. The Morgan fingerprint density at radius 3 is 2.38 bits per heavy atom. The van der Waals surface area contributed by atoms with Gasteiger partial charge in [-0.2, -0.15) is 26.3 Å². The van der Waals surface area contributed by atoms with Gasteiger partial charge in [-0.1, -0.05) is 6.92 Å². The second kappa shape index (κ2) is 12.3. The van der Waals surface area contributed by atoms with Crippen LogP contribution in [0.4, 0.5) is 32.2 Å². The lowest BCUT2D eigenvalue weighted by atomic mass is 9.99. The summed E-state index contributed by atoms with van der Waals surface area (Å²) < 4.78 is 83.0. The van der Waals surface area contributed by atoms with Crippen molar-refractivity contribution in [3.8, 4) is 10.4 Å². The Kier molecular flexibility index (Phi) is 9.87. The summed E-state index contributed by atoms with van der Waals surface area (Å²) in [7, 11) is 1.40. The number of likely N-dealkylation sites (tertiary alicyclic amines) is 1. The normalized spacial score (nSPS) is 18.0. The van der Waals surface area contributed by atoms with Crippen molar-refractivity contribution in [2.75, 3.05) is 18.9 Å². The number of likely N-dealkylation sites (N-methyl/N-ethyl adjacent to an activating group) is 1. The first-order chi connectivity index (χ1) is 19.3. The van der Waals surface area contributed by atoms with Crippen LogP contribution in [0.2, 0.25) is 0 Å². The van der Waals surface area contributed by atoms with Crippen molar-refractivity contribution in [2.45, 2.75) is 96.4 Å². The standard InChI is InChI=1S/C27H35F6N5O3S/c1-7-18(27(31,32)33)35-19-12-17(26(28,29)30)16(13-34-19)21-20(23(39)38-11-9-8-10-14(38)2)36-22(42-21)24(40)37(6)15(3)25(4,5)41/h12-15,18,41H,7-11H2,1-6H3,(H,34,35). The first-order valence-corrected chi connectivity index (χ1v) is 14.3. The van der Waals surface area contributed by atoms with Gasteiger partial charge in [0.05, 0.1) is 22.1 Å². The summed E-state index contributed by atoms with van der Waals surface area (Å²) in [6.07, 6.45) is -7.25. The molecule has 2 aromatic heterocycles. The SMILES string of the molecule is CCC(Nc1cc(C(F)(F)F)c(-c2sc(C(=O)N(C)C(C)C(C)(C)O)nc2C(=O)N2CCCCC2C)cn1)C(F)(F)F. The smallest absolute Gasteiger partial charge is 0.388 e. The Morgan fingerprint density at radius 1 is 1.21 bits per heavy atom. The minimum atomic E-state index is -5.05. The fourth-order valence-corrected chi connectivity index (χ4v) is 5.68. The molecule has 2 N–H and O–H groups in total. The fraction of sp³-hybridized carbons (Fsp3) is 0.630. The number of hydrogen-bond acceptors (Lipinski definition) is 7. The van der Waals surface area contributed by atoms with E-state index in [9.17, 15) is 41.0 Å². The summed E-state index contributed by atoms with van der Waals surface area (Å²) >= 11 is 0.558. The lowest BCUT2D eigenvalue weighted by molar-refractivity contribution is -0.142. The third-order valence-electron chi connectivity index (χ3n) is 7.58. The van der Waals surface area contributed by atoms with Gasteiger partial charge in [0.15, 0.2) is 5.01 Å². The molecule has 8 nitrogen and oxygen atoms in total. The van der Waals surface area contributed by atoms with Crippen molar-refractivity contribution < 1.29 is 41.0 Å². The molecule has 1 aliphatic rings. The van der Waals surface area contributed by atoms with Gasteiger partial charge in [-0.3, -0.25) is 9.59 Å². The largest absolute Gasteiger partial charge is 0.417 e. The van der Waals surface area contributed by atoms with Crippen LogP contribution in [0.1, 0.15) is 86.2 Å². The van der Waals surface area contributed by atoms with E-state index >= 15 is 0 Å². The van der Waals surface area contributed by atoms with E-state index < -0.39 is 65.2 Å². The molecule has 234 valence electrons. The average Bonchev–Trinajstić information content (AvgIpc) is 3.34. The van der Waals surface area contributed by atoms with Crippen LogP contribution in [0.15, 0.2) is 12.3 Å². The third kappa shape index (κ3) is 7.33. The highest BCUT2D eigenvalue weighted by atomic mass is 32.1. The zero-order chi connectivity index (χ0) is 31.8. The molecule has 1 aliphatic heterocycles. The molecule has 3 rings (SSSR count). The third-order valence-corrected chi connectivity index (χ3v) is 8.66.